The zero-order chi connectivity index (χ0) is 11.7. The molecule has 0 amide bonds. The smallest absolute Gasteiger partial charge is 0.230 e. The monoisotopic (exact) mass is 233 g/mol. The van der Waals surface area contributed by atoms with Crippen molar-refractivity contribution < 1.29 is 8.94 Å². The molecule has 1 saturated carbocycles. The van der Waals surface area contributed by atoms with Gasteiger partial charge in [0.15, 0.2) is 0 Å². The van der Waals surface area contributed by atoms with Gasteiger partial charge in [-0.05, 0) is 31.7 Å². The number of furan rings is 1. The van der Waals surface area contributed by atoms with E-state index >= 15 is 0 Å². The first-order chi connectivity index (χ1) is 8.33. The van der Waals surface area contributed by atoms with Crippen LogP contribution in [0.1, 0.15) is 37.5 Å². The van der Waals surface area contributed by atoms with Crippen molar-refractivity contribution in [1.82, 2.24) is 10.1 Å². The van der Waals surface area contributed by atoms with Crippen molar-refractivity contribution in [3.63, 3.8) is 0 Å². The van der Waals surface area contributed by atoms with Crippen molar-refractivity contribution in [3.8, 4) is 11.4 Å². The average Bonchev–Trinajstić information content (AvgIpc) is 3.00. The predicted octanol–water partition coefficient (Wildman–Crippen LogP) is 2.31. The van der Waals surface area contributed by atoms with Crippen LogP contribution in [0.4, 0.5) is 0 Å². The maximum absolute atomic E-state index is 5.88. The fraction of sp³-hybridized carbons (Fsp3) is 0.500. The zero-order valence-corrected chi connectivity index (χ0v) is 9.50. The molecular formula is C12H15N3O2. The number of nitrogens with zero attached hydrogens (tertiary/aromatic N) is 2. The molecule has 3 rings (SSSR count). The summed E-state index contributed by atoms with van der Waals surface area (Å²) in [6.07, 6.45) is 7.36. The van der Waals surface area contributed by atoms with Crippen LogP contribution in [0.3, 0.4) is 0 Å². The summed E-state index contributed by atoms with van der Waals surface area (Å²) in [4.78, 5) is 4.42. The third kappa shape index (κ3) is 2.10. The third-order valence-electron chi connectivity index (χ3n) is 3.34. The summed E-state index contributed by atoms with van der Waals surface area (Å²) in [6, 6.07) is 2.16. The van der Waals surface area contributed by atoms with Crippen LogP contribution < -0.4 is 5.73 Å². The van der Waals surface area contributed by atoms with Crippen molar-refractivity contribution in [3.05, 3.63) is 24.5 Å². The van der Waals surface area contributed by atoms with Gasteiger partial charge < -0.3 is 14.7 Å². The highest BCUT2D eigenvalue weighted by Crippen LogP contribution is 2.32. The Hall–Kier alpha value is -1.62. The Balaban J connectivity index is 1.76. The molecule has 0 unspecified atom stereocenters. The number of nitrogens with two attached hydrogens (primary N) is 1. The minimum atomic E-state index is 0.336. The highest BCUT2D eigenvalue weighted by molar-refractivity contribution is 5.51. The minimum absolute atomic E-state index is 0.336. The molecule has 0 aliphatic heterocycles. The largest absolute Gasteiger partial charge is 0.472 e. The van der Waals surface area contributed by atoms with Gasteiger partial charge in [0.25, 0.3) is 0 Å². The van der Waals surface area contributed by atoms with Gasteiger partial charge in [0.05, 0.1) is 11.8 Å². The van der Waals surface area contributed by atoms with E-state index in [1.165, 1.54) is 0 Å². The van der Waals surface area contributed by atoms with Gasteiger partial charge in [-0.15, -0.1) is 0 Å². The van der Waals surface area contributed by atoms with Crippen molar-refractivity contribution in [1.29, 1.82) is 0 Å². The van der Waals surface area contributed by atoms with Crippen LogP contribution in [-0.4, -0.2) is 16.2 Å². The van der Waals surface area contributed by atoms with Gasteiger partial charge in [-0.3, -0.25) is 0 Å². The molecule has 2 aromatic heterocycles. The third-order valence-corrected chi connectivity index (χ3v) is 3.34. The summed E-state index contributed by atoms with van der Waals surface area (Å²) in [5, 5.41) is 3.98. The van der Waals surface area contributed by atoms with Crippen LogP contribution in [0.15, 0.2) is 27.5 Å². The molecule has 5 heteroatoms. The first kappa shape index (κ1) is 10.5. The highest BCUT2D eigenvalue weighted by Gasteiger charge is 2.25. The summed E-state index contributed by atoms with van der Waals surface area (Å²) in [5.74, 6) is 1.69. The van der Waals surface area contributed by atoms with E-state index in [9.17, 15) is 0 Å². The van der Waals surface area contributed by atoms with E-state index in [1.54, 1.807) is 12.5 Å². The van der Waals surface area contributed by atoms with Crippen LogP contribution >= 0.6 is 0 Å². The lowest BCUT2D eigenvalue weighted by Crippen LogP contribution is -2.25. The SMILES string of the molecule is NC1CCC(c2nc(-c3ccoc3)no2)CC1. The maximum atomic E-state index is 5.88. The molecule has 2 heterocycles. The van der Waals surface area contributed by atoms with Gasteiger partial charge in [-0.25, -0.2) is 0 Å². The predicted molar refractivity (Wildman–Crippen MR) is 61.2 cm³/mol. The molecule has 0 saturated heterocycles. The van der Waals surface area contributed by atoms with Gasteiger partial charge in [0.2, 0.25) is 11.7 Å². The first-order valence-electron chi connectivity index (χ1n) is 5.94. The molecule has 17 heavy (non-hydrogen) atoms. The molecular weight excluding hydrogens is 218 g/mol. The fourth-order valence-corrected chi connectivity index (χ4v) is 2.28. The lowest BCUT2D eigenvalue weighted by Gasteiger charge is -2.22. The van der Waals surface area contributed by atoms with Gasteiger partial charge in [-0.1, -0.05) is 5.16 Å². The number of hydrogen-bond acceptors (Lipinski definition) is 5. The average molecular weight is 233 g/mol. The molecule has 0 aromatic carbocycles. The van der Waals surface area contributed by atoms with Gasteiger partial charge in [0, 0.05) is 12.0 Å². The summed E-state index contributed by atoms with van der Waals surface area (Å²) in [5.41, 5.74) is 6.73. The van der Waals surface area contributed by atoms with Crippen molar-refractivity contribution in [2.45, 2.75) is 37.6 Å². The lowest BCUT2D eigenvalue weighted by atomic mass is 9.86. The topological polar surface area (TPSA) is 78.1 Å². The van der Waals surface area contributed by atoms with E-state index in [0.29, 0.717) is 17.8 Å². The molecule has 0 bridgehead atoms. The maximum Gasteiger partial charge on any atom is 0.230 e. The number of rotatable bonds is 2. The van der Waals surface area contributed by atoms with E-state index in [4.69, 9.17) is 14.7 Å². The molecule has 5 nitrogen and oxygen atoms in total. The van der Waals surface area contributed by atoms with Crippen molar-refractivity contribution in [2.75, 3.05) is 0 Å². The second kappa shape index (κ2) is 4.33. The standard InChI is InChI=1S/C12H15N3O2/c13-10-3-1-8(2-4-10)12-14-11(15-17-12)9-5-6-16-7-9/h5-8,10H,1-4,13H2. The van der Waals surface area contributed by atoms with E-state index in [0.717, 1.165) is 37.1 Å². The Morgan fingerprint density at radius 3 is 2.76 bits per heavy atom. The summed E-state index contributed by atoms with van der Waals surface area (Å²) >= 11 is 0. The Morgan fingerprint density at radius 2 is 2.06 bits per heavy atom. The zero-order valence-electron chi connectivity index (χ0n) is 9.50. The minimum Gasteiger partial charge on any atom is -0.472 e. The summed E-state index contributed by atoms with van der Waals surface area (Å²) in [6.45, 7) is 0. The second-order valence-corrected chi connectivity index (χ2v) is 4.58. The van der Waals surface area contributed by atoms with Crippen LogP contribution in [-0.2, 0) is 0 Å². The number of hydrogen-bond donors (Lipinski definition) is 1. The molecule has 2 aromatic rings. The highest BCUT2D eigenvalue weighted by atomic mass is 16.5. The lowest BCUT2D eigenvalue weighted by molar-refractivity contribution is 0.301. The Kier molecular flexibility index (Phi) is 2.68. The molecule has 2 N–H and O–H groups in total. The van der Waals surface area contributed by atoms with Gasteiger partial charge >= 0.3 is 0 Å². The van der Waals surface area contributed by atoms with E-state index < -0.39 is 0 Å². The molecule has 1 aliphatic carbocycles. The van der Waals surface area contributed by atoms with E-state index in [1.807, 2.05) is 6.07 Å². The Morgan fingerprint density at radius 1 is 1.24 bits per heavy atom. The molecule has 0 atom stereocenters. The van der Waals surface area contributed by atoms with E-state index in [-0.39, 0.29) is 0 Å². The first-order valence-corrected chi connectivity index (χ1v) is 5.94. The molecule has 0 radical (unpaired) electrons. The van der Waals surface area contributed by atoms with Crippen LogP contribution in [0.25, 0.3) is 11.4 Å². The summed E-state index contributed by atoms with van der Waals surface area (Å²) < 4.78 is 10.3. The number of aromatic nitrogens is 2. The molecule has 90 valence electrons. The van der Waals surface area contributed by atoms with Crippen molar-refractivity contribution >= 4 is 0 Å². The Labute approximate surface area is 99.0 Å². The second-order valence-electron chi connectivity index (χ2n) is 4.58. The van der Waals surface area contributed by atoms with Crippen LogP contribution in [0.2, 0.25) is 0 Å². The fourth-order valence-electron chi connectivity index (χ4n) is 2.28. The van der Waals surface area contributed by atoms with Crippen molar-refractivity contribution in [2.24, 2.45) is 5.73 Å². The molecule has 1 aliphatic rings. The molecule has 0 spiro atoms. The van der Waals surface area contributed by atoms with Crippen LogP contribution in [0, 0.1) is 0 Å². The normalized spacial score (nSPS) is 25.0. The Bertz CT molecular complexity index is 470. The molecule has 1 fully saturated rings. The quantitative estimate of drug-likeness (QED) is 0.861. The van der Waals surface area contributed by atoms with Gasteiger partial charge in [-0.2, -0.15) is 4.98 Å². The van der Waals surface area contributed by atoms with Crippen LogP contribution in [0.5, 0.6) is 0 Å². The van der Waals surface area contributed by atoms with E-state index in [2.05, 4.69) is 10.1 Å². The van der Waals surface area contributed by atoms with Gasteiger partial charge in [0.1, 0.15) is 6.26 Å². The summed E-state index contributed by atoms with van der Waals surface area (Å²) in [7, 11) is 0.